The van der Waals surface area contributed by atoms with Gasteiger partial charge >= 0.3 is 21.7 Å². The number of aliphatic hydroxyl groups excluding tert-OH is 3. The maximum absolute atomic E-state index is 11.7. The van der Waals surface area contributed by atoms with Crippen molar-refractivity contribution in [1.29, 1.82) is 0 Å². The standard InChI is InChI=1S/2C26H54O3P.C4H8O.2C3H6O.CH3.Ti/c2*1-3-5-7-9-11-13-15-17-19-21-23-25-28-30(27)29-26-24-22-20-18-16-14-12-10-8-6-4-2;1-2-3-4-5;2*1-2-3-4;;/h2*3-26H2,1-2H3;3-5H,2H2,1H3;2*2,4H,1,3H2;1H3;/q2*-1;;;;-1;+3. The molecule has 0 aliphatic carbocycles. The fourth-order valence-corrected chi connectivity index (χ4v) is 9.06. The first kappa shape index (κ1) is 89.1. The van der Waals surface area contributed by atoms with E-state index in [-0.39, 0.29) is 42.4 Å². The van der Waals surface area contributed by atoms with E-state index in [1.807, 2.05) is 6.92 Å². The third-order valence-corrected chi connectivity index (χ3v) is 14.0. The topological polar surface area (TPSA) is 144 Å². The molecule has 0 aromatic rings. The summed E-state index contributed by atoms with van der Waals surface area (Å²) in [6, 6.07) is 0. The number of hydrogen-bond donors (Lipinski definition) is 3. The van der Waals surface area contributed by atoms with Gasteiger partial charge in [0.1, 0.15) is 0 Å². The van der Waals surface area contributed by atoms with Crippen LogP contribution >= 0.6 is 17.2 Å². The van der Waals surface area contributed by atoms with Gasteiger partial charge in [-0.3, -0.25) is 0 Å². The molecule has 0 saturated heterocycles. The zero-order valence-electron chi connectivity index (χ0n) is 51.0. The Morgan fingerprint density at radius 3 is 0.587 bits per heavy atom. The van der Waals surface area contributed by atoms with Gasteiger partial charge in [-0.05, 0) is 32.1 Å². The third-order valence-electron chi connectivity index (χ3n) is 12.4. The molecular formula is C63H131O9P2Ti. The van der Waals surface area contributed by atoms with E-state index in [4.69, 9.17) is 33.4 Å². The number of unbranched alkanes of at least 4 members (excludes halogenated alkanes) is 40. The maximum Gasteiger partial charge on any atom is 3.00 e. The van der Waals surface area contributed by atoms with E-state index >= 15 is 0 Å². The average molecular weight is 1140 g/mol. The normalized spacial score (nSPS) is 10.6. The average Bonchev–Trinajstić information content (AvgIpc) is 3.40. The Labute approximate surface area is 487 Å². The minimum atomic E-state index is -1.91. The molecule has 0 bridgehead atoms. The summed E-state index contributed by atoms with van der Waals surface area (Å²) >= 11 is 0. The van der Waals surface area contributed by atoms with Gasteiger partial charge in [-0.15, -0.1) is 13.2 Å². The molecule has 0 atom stereocenters. The van der Waals surface area contributed by atoms with Crippen molar-refractivity contribution in [3.63, 3.8) is 0 Å². The smallest absolute Gasteiger partial charge is 0.786 e. The van der Waals surface area contributed by atoms with Gasteiger partial charge in [0.05, 0.1) is 63.1 Å². The Morgan fingerprint density at radius 2 is 0.480 bits per heavy atom. The maximum atomic E-state index is 11.7. The van der Waals surface area contributed by atoms with Crippen LogP contribution < -0.4 is 9.79 Å². The Bertz CT molecular complexity index is 819. The van der Waals surface area contributed by atoms with Crippen LogP contribution in [0, 0.1) is 7.43 Å². The van der Waals surface area contributed by atoms with Gasteiger partial charge in [-0.2, -0.15) is 0 Å². The third kappa shape index (κ3) is 107. The van der Waals surface area contributed by atoms with Gasteiger partial charge in [0, 0.05) is 0 Å². The van der Waals surface area contributed by atoms with Crippen molar-refractivity contribution in [2.75, 3.05) is 39.6 Å². The minimum Gasteiger partial charge on any atom is -0.786 e. The number of hydrogen-bond acceptors (Lipinski definition) is 9. The Hall–Kier alpha value is 0.274. The Kier molecular flexibility index (Phi) is 111. The molecule has 9 nitrogen and oxygen atoms in total. The van der Waals surface area contributed by atoms with E-state index in [9.17, 15) is 9.79 Å². The number of aliphatic hydroxyl groups is 3. The van der Waals surface area contributed by atoms with Crippen molar-refractivity contribution < 1.29 is 64.9 Å². The van der Waals surface area contributed by atoms with Crippen LogP contribution in [0.15, 0.2) is 37.6 Å². The van der Waals surface area contributed by atoms with Gasteiger partial charge in [0.2, 0.25) is 0 Å². The second-order valence-corrected chi connectivity index (χ2v) is 21.6. The van der Waals surface area contributed by atoms with Crippen molar-refractivity contribution in [3.05, 3.63) is 45.1 Å². The molecule has 1 radical (unpaired) electrons. The molecule has 0 saturated carbocycles. The molecule has 0 aliphatic rings. The van der Waals surface area contributed by atoms with Crippen LogP contribution in [0.3, 0.4) is 0 Å². The summed E-state index contributed by atoms with van der Waals surface area (Å²) < 4.78 is 21.2. The largest absolute Gasteiger partial charge is 3.00 e. The molecular weight excluding hydrogens is 1010 g/mol. The van der Waals surface area contributed by atoms with Gasteiger partial charge in [-0.25, -0.2) is 0 Å². The molecule has 0 fully saturated rings. The van der Waals surface area contributed by atoms with Crippen molar-refractivity contribution in [3.8, 4) is 0 Å². The molecule has 0 aliphatic heterocycles. The number of rotatable bonds is 55. The zero-order valence-corrected chi connectivity index (χ0v) is 54.3. The van der Waals surface area contributed by atoms with Crippen LogP contribution in [-0.2, 0) is 39.8 Å². The Morgan fingerprint density at radius 1 is 0.333 bits per heavy atom. The van der Waals surface area contributed by atoms with Crippen LogP contribution in [0.25, 0.3) is 0 Å². The number of allylic oxidation sites excluding steroid dienone is 1. The molecule has 75 heavy (non-hydrogen) atoms. The van der Waals surface area contributed by atoms with Gasteiger partial charge in [0.15, 0.2) is 0 Å². The predicted molar refractivity (Wildman–Crippen MR) is 327 cm³/mol. The van der Waals surface area contributed by atoms with Gasteiger partial charge in [0.25, 0.3) is 0 Å². The van der Waals surface area contributed by atoms with Crippen LogP contribution in [0.4, 0.5) is 0 Å². The summed E-state index contributed by atoms with van der Waals surface area (Å²) in [5, 5.41) is 23.4. The fraction of sp³-hybridized carbons (Fsp3) is 0.889. The van der Waals surface area contributed by atoms with Crippen molar-refractivity contribution in [1.82, 2.24) is 0 Å². The van der Waals surface area contributed by atoms with Gasteiger partial charge < -0.3 is 50.6 Å². The molecule has 0 rings (SSSR count). The van der Waals surface area contributed by atoms with Crippen molar-refractivity contribution in [2.45, 2.75) is 324 Å². The first-order chi connectivity index (χ1) is 35.9. The van der Waals surface area contributed by atoms with E-state index in [0.29, 0.717) is 26.4 Å². The molecule has 3 N–H and O–H groups in total. The van der Waals surface area contributed by atoms with Crippen LogP contribution in [0.5, 0.6) is 0 Å². The summed E-state index contributed by atoms with van der Waals surface area (Å²) in [6.45, 7) is 20.0. The summed E-state index contributed by atoms with van der Waals surface area (Å²) in [7, 11) is -3.81. The minimum absolute atomic E-state index is 0. The van der Waals surface area contributed by atoms with E-state index in [1.165, 1.54) is 269 Å². The predicted octanol–water partition coefficient (Wildman–Crippen LogP) is 20.7. The van der Waals surface area contributed by atoms with Crippen molar-refractivity contribution >= 4 is 17.2 Å². The molecule has 12 heteroatoms. The SMILES string of the molecule is C=CCO.C=CCO.CCC=CO.CCCCCCCCCCCCCOP([O-])OCCCCCCCCCCCCC.CCCCCCCCCCCCCOP([O-])OCCCCCCCCCCCCC.[CH3-].[Ti+3]. The van der Waals surface area contributed by atoms with Crippen LogP contribution in [0.2, 0.25) is 0 Å². The molecule has 0 amide bonds. The molecule has 451 valence electrons. The van der Waals surface area contributed by atoms with Crippen LogP contribution in [-0.4, -0.2) is 55.0 Å². The summed E-state index contributed by atoms with van der Waals surface area (Å²) in [6.07, 6.45) is 64.4. The monoisotopic (exact) mass is 1140 g/mol. The quantitative estimate of drug-likeness (QED) is 0.0135. The van der Waals surface area contributed by atoms with Crippen molar-refractivity contribution in [2.24, 2.45) is 0 Å². The second kappa shape index (κ2) is 93.6. The van der Waals surface area contributed by atoms with Gasteiger partial charge in [-0.1, -0.05) is 310 Å². The zero-order chi connectivity index (χ0) is 54.9. The first-order valence-electron chi connectivity index (χ1n) is 31.1. The van der Waals surface area contributed by atoms with E-state index < -0.39 is 17.2 Å². The Balaban J connectivity index is -0.000000195. The van der Waals surface area contributed by atoms with E-state index in [0.717, 1.165) is 38.4 Å². The summed E-state index contributed by atoms with van der Waals surface area (Å²) in [5.41, 5.74) is 0. The molecule has 0 heterocycles. The summed E-state index contributed by atoms with van der Waals surface area (Å²) in [5.74, 6) is 0. The molecule has 0 unspecified atom stereocenters. The fourth-order valence-electron chi connectivity index (χ4n) is 7.80. The van der Waals surface area contributed by atoms with Crippen LogP contribution in [0.1, 0.15) is 324 Å². The molecule has 0 spiro atoms. The molecule has 0 aromatic heterocycles. The summed E-state index contributed by atoms with van der Waals surface area (Å²) in [4.78, 5) is 23.4. The second-order valence-electron chi connectivity index (χ2n) is 19.7. The molecule has 0 aromatic carbocycles. The van der Waals surface area contributed by atoms with E-state index in [1.54, 1.807) is 6.08 Å². The van der Waals surface area contributed by atoms with E-state index in [2.05, 4.69) is 40.9 Å². The first-order valence-corrected chi connectivity index (χ1v) is 33.2.